The highest BCUT2D eigenvalue weighted by molar-refractivity contribution is 5.52. The van der Waals surface area contributed by atoms with Gasteiger partial charge in [-0.2, -0.15) is 5.10 Å². The molecule has 0 fully saturated rings. The molecule has 0 amide bonds. The summed E-state index contributed by atoms with van der Waals surface area (Å²) in [5.74, 6) is 0. The maximum absolute atomic E-state index is 3.94. The lowest BCUT2D eigenvalue weighted by Crippen LogP contribution is -2.23. The van der Waals surface area contributed by atoms with Gasteiger partial charge in [-0.05, 0) is 19.4 Å². The highest BCUT2D eigenvalue weighted by Crippen LogP contribution is 1.86. The predicted molar refractivity (Wildman–Crippen MR) is 47.3 cm³/mol. The summed E-state index contributed by atoms with van der Waals surface area (Å²) >= 11 is 0. The standard InChI is InChI=1S/C9H12N2/c1-4-7(3)8-6-10-11-9(8)5-2/h4-6,11H,1H2,2-3H3/b8-7-,9-5+. The van der Waals surface area contributed by atoms with Crippen LogP contribution in [-0.4, -0.2) is 10.2 Å². The molecule has 58 valence electrons. The SMILES string of the molecule is C=C/C(C)=c1/cn[nH]/c1=C/C. The number of aromatic nitrogens is 2. The van der Waals surface area contributed by atoms with E-state index in [0.29, 0.717) is 0 Å². The van der Waals surface area contributed by atoms with Crippen LogP contribution >= 0.6 is 0 Å². The van der Waals surface area contributed by atoms with E-state index in [1.807, 2.05) is 32.2 Å². The summed E-state index contributed by atoms with van der Waals surface area (Å²) in [6.07, 6.45) is 5.64. The van der Waals surface area contributed by atoms with E-state index in [4.69, 9.17) is 0 Å². The first-order chi connectivity index (χ1) is 5.29. The van der Waals surface area contributed by atoms with Gasteiger partial charge in [0.25, 0.3) is 0 Å². The van der Waals surface area contributed by atoms with E-state index >= 15 is 0 Å². The fourth-order valence-electron chi connectivity index (χ4n) is 0.940. The van der Waals surface area contributed by atoms with Gasteiger partial charge in [0.1, 0.15) is 0 Å². The molecule has 0 radical (unpaired) electrons. The molecule has 0 spiro atoms. The number of nitrogens with one attached hydrogen (secondary N) is 1. The van der Waals surface area contributed by atoms with E-state index in [1.54, 1.807) is 0 Å². The average Bonchev–Trinajstić information content (AvgIpc) is 2.50. The summed E-state index contributed by atoms with van der Waals surface area (Å²) in [5.41, 5.74) is 1.15. The van der Waals surface area contributed by atoms with Crippen LogP contribution in [0.4, 0.5) is 0 Å². The third-order valence-electron chi connectivity index (χ3n) is 1.69. The van der Waals surface area contributed by atoms with Crippen LogP contribution in [0.1, 0.15) is 13.8 Å². The van der Waals surface area contributed by atoms with Crippen molar-refractivity contribution in [3.05, 3.63) is 29.4 Å². The number of rotatable bonds is 1. The molecule has 11 heavy (non-hydrogen) atoms. The monoisotopic (exact) mass is 148 g/mol. The average molecular weight is 148 g/mol. The second-order valence-corrected chi connectivity index (χ2v) is 2.37. The van der Waals surface area contributed by atoms with Gasteiger partial charge in [0.2, 0.25) is 0 Å². The molecule has 0 aromatic carbocycles. The maximum atomic E-state index is 3.94. The van der Waals surface area contributed by atoms with Gasteiger partial charge in [0.15, 0.2) is 0 Å². The van der Waals surface area contributed by atoms with Gasteiger partial charge in [-0.25, -0.2) is 0 Å². The van der Waals surface area contributed by atoms with Crippen LogP contribution in [0.25, 0.3) is 11.6 Å². The first-order valence-electron chi connectivity index (χ1n) is 3.58. The second-order valence-electron chi connectivity index (χ2n) is 2.37. The number of allylic oxidation sites excluding steroid dienone is 1. The van der Waals surface area contributed by atoms with Crippen LogP contribution in [0.2, 0.25) is 0 Å². The third-order valence-corrected chi connectivity index (χ3v) is 1.69. The highest BCUT2D eigenvalue weighted by Gasteiger charge is 1.88. The third kappa shape index (κ3) is 1.40. The van der Waals surface area contributed by atoms with Gasteiger partial charge in [-0.15, -0.1) is 0 Å². The number of aromatic amines is 1. The lowest BCUT2D eigenvalue weighted by molar-refractivity contribution is 1.06. The van der Waals surface area contributed by atoms with Gasteiger partial charge in [-0.1, -0.05) is 18.7 Å². The minimum absolute atomic E-state index is 1.06. The molecule has 0 aliphatic rings. The smallest absolute Gasteiger partial charge is 0.0610 e. The molecular formula is C9H12N2. The Morgan fingerprint density at radius 3 is 3.00 bits per heavy atom. The van der Waals surface area contributed by atoms with Crippen molar-refractivity contribution < 1.29 is 0 Å². The van der Waals surface area contributed by atoms with E-state index in [0.717, 1.165) is 16.1 Å². The number of hydrogen-bond donors (Lipinski definition) is 1. The molecular weight excluding hydrogens is 136 g/mol. The summed E-state index contributed by atoms with van der Waals surface area (Å²) in [6, 6.07) is 0. The van der Waals surface area contributed by atoms with Gasteiger partial charge in [0, 0.05) is 5.22 Å². The van der Waals surface area contributed by atoms with Gasteiger partial charge < -0.3 is 0 Å². The Hall–Kier alpha value is -1.31. The Morgan fingerprint density at radius 1 is 1.73 bits per heavy atom. The zero-order valence-corrected chi connectivity index (χ0v) is 6.89. The van der Waals surface area contributed by atoms with Crippen molar-refractivity contribution in [2.24, 2.45) is 0 Å². The first-order valence-corrected chi connectivity index (χ1v) is 3.58. The number of nitrogens with zero attached hydrogens (tertiary/aromatic N) is 1. The molecule has 1 aromatic heterocycles. The predicted octanol–water partition coefficient (Wildman–Crippen LogP) is 0.567. The Kier molecular flexibility index (Phi) is 2.26. The van der Waals surface area contributed by atoms with Crippen molar-refractivity contribution in [1.29, 1.82) is 0 Å². The molecule has 0 bridgehead atoms. The van der Waals surface area contributed by atoms with E-state index in [1.165, 1.54) is 0 Å². The minimum atomic E-state index is 1.06. The molecule has 2 heteroatoms. The molecule has 1 N–H and O–H groups in total. The van der Waals surface area contributed by atoms with Crippen LogP contribution in [0.3, 0.4) is 0 Å². The lowest BCUT2D eigenvalue weighted by atomic mass is 10.2. The number of hydrogen-bond acceptors (Lipinski definition) is 1. The lowest BCUT2D eigenvalue weighted by Gasteiger charge is -1.84. The van der Waals surface area contributed by atoms with Crippen molar-refractivity contribution in [2.45, 2.75) is 13.8 Å². The Balaban J connectivity index is 3.58. The normalized spacial score (nSPS) is 14.9. The molecule has 1 rings (SSSR count). The fraction of sp³-hybridized carbons (Fsp3) is 0.222. The van der Waals surface area contributed by atoms with Crippen LogP contribution in [-0.2, 0) is 0 Å². The summed E-state index contributed by atoms with van der Waals surface area (Å²) in [7, 11) is 0. The molecule has 1 heterocycles. The van der Waals surface area contributed by atoms with E-state index in [9.17, 15) is 0 Å². The quantitative estimate of drug-likeness (QED) is 0.619. The molecule has 0 saturated heterocycles. The van der Waals surface area contributed by atoms with Crippen LogP contribution < -0.4 is 10.6 Å². The van der Waals surface area contributed by atoms with E-state index in [-0.39, 0.29) is 0 Å². The summed E-state index contributed by atoms with van der Waals surface area (Å²) in [6.45, 7) is 7.70. The largest absolute Gasteiger partial charge is 0.278 e. The van der Waals surface area contributed by atoms with Crippen molar-refractivity contribution >= 4 is 11.6 Å². The highest BCUT2D eigenvalue weighted by atomic mass is 15.1. The molecule has 0 aliphatic heterocycles. The molecule has 0 saturated carbocycles. The van der Waals surface area contributed by atoms with Crippen LogP contribution in [0.5, 0.6) is 0 Å². The van der Waals surface area contributed by atoms with Crippen molar-refractivity contribution in [3.63, 3.8) is 0 Å². The van der Waals surface area contributed by atoms with Gasteiger partial charge in [0.05, 0.1) is 11.5 Å². The van der Waals surface area contributed by atoms with Crippen LogP contribution in [0.15, 0.2) is 18.9 Å². The second kappa shape index (κ2) is 3.19. The Bertz CT molecular complexity index is 357. The fourth-order valence-corrected chi connectivity index (χ4v) is 0.940. The van der Waals surface area contributed by atoms with E-state index < -0.39 is 0 Å². The molecule has 0 aliphatic carbocycles. The van der Waals surface area contributed by atoms with E-state index in [2.05, 4.69) is 16.8 Å². The first kappa shape index (κ1) is 7.79. The number of H-pyrrole nitrogens is 1. The maximum Gasteiger partial charge on any atom is 0.0610 e. The summed E-state index contributed by atoms with van der Waals surface area (Å²) < 4.78 is 0. The molecule has 2 nitrogen and oxygen atoms in total. The summed E-state index contributed by atoms with van der Waals surface area (Å²) in [5, 5.41) is 9.02. The van der Waals surface area contributed by atoms with Crippen molar-refractivity contribution in [1.82, 2.24) is 10.2 Å². The zero-order chi connectivity index (χ0) is 8.27. The molecule has 0 atom stereocenters. The van der Waals surface area contributed by atoms with Gasteiger partial charge in [-0.3, -0.25) is 5.10 Å². The zero-order valence-electron chi connectivity index (χ0n) is 6.89. The Labute approximate surface area is 65.9 Å². The van der Waals surface area contributed by atoms with Crippen molar-refractivity contribution in [3.8, 4) is 0 Å². The topological polar surface area (TPSA) is 28.7 Å². The van der Waals surface area contributed by atoms with Crippen molar-refractivity contribution in [2.75, 3.05) is 0 Å². The molecule has 1 aromatic rings. The van der Waals surface area contributed by atoms with Gasteiger partial charge >= 0.3 is 0 Å². The Morgan fingerprint density at radius 2 is 2.45 bits per heavy atom. The molecule has 0 unspecified atom stereocenters. The minimum Gasteiger partial charge on any atom is -0.278 e. The summed E-state index contributed by atoms with van der Waals surface area (Å²) in [4.78, 5) is 0. The van der Waals surface area contributed by atoms with Crippen LogP contribution in [0, 0.1) is 0 Å².